The number of aromatic amines is 2. The van der Waals surface area contributed by atoms with Crippen molar-refractivity contribution in [3.8, 4) is 0 Å². The van der Waals surface area contributed by atoms with Crippen molar-refractivity contribution >= 4 is 5.91 Å². The molecule has 0 saturated carbocycles. The highest BCUT2D eigenvalue weighted by atomic mass is 16.6. The van der Waals surface area contributed by atoms with Gasteiger partial charge in [-0.2, -0.15) is 0 Å². The first-order chi connectivity index (χ1) is 18.0. The van der Waals surface area contributed by atoms with Gasteiger partial charge in [0.15, 0.2) is 6.23 Å². The van der Waals surface area contributed by atoms with Gasteiger partial charge in [0, 0.05) is 55.9 Å². The molecule has 15 heteroatoms. The molecule has 2 fully saturated rings. The van der Waals surface area contributed by atoms with Gasteiger partial charge in [0.25, 0.3) is 11.1 Å². The highest BCUT2D eigenvalue weighted by Crippen LogP contribution is 2.37. The molecule has 2 saturated heterocycles. The fraction of sp³-hybridized carbons (Fsp3) is 0.609. The highest BCUT2D eigenvalue weighted by Gasteiger charge is 2.47. The third-order valence-electron chi connectivity index (χ3n) is 6.95. The molecule has 0 radical (unpaired) electrons. The first-order valence-corrected chi connectivity index (χ1v) is 12.1. The maximum atomic E-state index is 12.8. The third-order valence-corrected chi connectivity index (χ3v) is 6.95. The number of ether oxygens (including phenoxy) is 3. The normalized spacial score (nSPS) is 29.0. The molecule has 0 aromatic carbocycles. The molecule has 0 aliphatic carbocycles. The van der Waals surface area contributed by atoms with E-state index < -0.39 is 77.8 Å². The second-order valence-electron chi connectivity index (χ2n) is 9.51. The van der Waals surface area contributed by atoms with Crippen LogP contribution >= 0.6 is 0 Å². The number of carbonyl (C=O) groups excluding carboxylic acids is 1. The summed E-state index contributed by atoms with van der Waals surface area (Å²) < 4.78 is 19.5. The van der Waals surface area contributed by atoms with Gasteiger partial charge in [0.2, 0.25) is 5.91 Å². The van der Waals surface area contributed by atoms with Crippen molar-refractivity contribution in [2.45, 2.75) is 63.6 Å². The summed E-state index contributed by atoms with van der Waals surface area (Å²) >= 11 is 0. The molecule has 208 valence electrons. The Kier molecular flexibility index (Phi) is 8.13. The number of aromatic nitrogens is 4. The first-order valence-electron chi connectivity index (χ1n) is 12.1. The second-order valence-corrected chi connectivity index (χ2v) is 9.51. The highest BCUT2D eigenvalue weighted by molar-refractivity contribution is 5.76. The number of carbonyl (C=O) groups is 1. The molecule has 4 rings (SSSR count). The summed E-state index contributed by atoms with van der Waals surface area (Å²) in [5.74, 6) is -1.08. The number of hydrogen-bond acceptors (Lipinski definition) is 10. The molecular weight excluding hydrogens is 506 g/mol. The Balaban J connectivity index is 1.41. The predicted molar refractivity (Wildman–Crippen MR) is 130 cm³/mol. The number of nitrogens with one attached hydrogen (secondary N) is 3. The van der Waals surface area contributed by atoms with E-state index in [9.17, 15) is 34.2 Å². The number of aliphatic hydroxyl groups is 2. The van der Waals surface area contributed by atoms with Crippen molar-refractivity contribution in [3.63, 3.8) is 0 Å². The second kappa shape index (κ2) is 11.2. The number of amides is 1. The minimum atomic E-state index is -0.988. The van der Waals surface area contributed by atoms with E-state index in [1.807, 2.05) is 0 Å². The summed E-state index contributed by atoms with van der Waals surface area (Å²) in [4.78, 5) is 65.1. The lowest BCUT2D eigenvalue weighted by Crippen LogP contribution is -2.41. The van der Waals surface area contributed by atoms with Gasteiger partial charge >= 0.3 is 11.4 Å². The van der Waals surface area contributed by atoms with E-state index in [-0.39, 0.29) is 24.9 Å². The van der Waals surface area contributed by atoms with Gasteiger partial charge in [-0.3, -0.25) is 33.5 Å². The molecular formula is C23H31N5O10. The third kappa shape index (κ3) is 5.42. The molecule has 7 atom stereocenters. The molecule has 2 aliphatic heterocycles. The molecule has 0 spiro atoms. The van der Waals surface area contributed by atoms with Gasteiger partial charge in [-0.25, -0.2) is 9.59 Å². The van der Waals surface area contributed by atoms with Crippen molar-refractivity contribution in [1.82, 2.24) is 24.4 Å². The fourth-order valence-electron chi connectivity index (χ4n) is 4.87. The molecule has 0 bridgehead atoms. The van der Waals surface area contributed by atoms with Crippen LogP contribution < -0.4 is 27.8 Å². The standard InChI is InChI=1S/C23H31N5O10/c1-10-7-27(22(34)25-19(10)32)17-5-13(30)14(37-17)6-24-16(31)4-12-15(9-29)38-21(18(12)36-3)28-8-11(2)20(33)26-23(28)35/h7-8,12-15,17-18,21,29-30H,4-6,9H2,1-3H3,(H,24,31)(H,25,32,34)(H,26,33,35)/t12?,13?,14-,15-,17-,18?,21-/m1/s1. The van der Waals surface area contributed by atoms with Crippen LogP contribution in [0.4, 0.5) is 0 Å². The SMILES string of the molecule is COC1C(CC(=O)NC[C@H]2O[C@@H](n3cc(C)c(=O)[nH]c3=O)CC2O)[C@@H](CO)O[C@H]1n1cc(C)c(=O)[nH]c1=O. The summed E-state index contributed by atoms with van der Waals surface area (Å²) in [7, 11) is 1.39. The number of rotatable bonds is 8. The molecule has 5 N–H and O–H groups in total. The van der Waals surface area contributed by atoms with E-state index in [0.717, 1.165) is 4.57 Å². The number of methoxy groups -OCH3 is 1. The summed E-state index contributed by atoms with van der Waals surface area (Å²) in [5, 5.41) is 23.0. The molecule has 2 aromatic rings. The smallest absolute Gasteiger partial charge is 0.330 e. The van der Waals surface area contributed by atoms with Crippen molar-refractivity contribution < 1.29 is 29.2 Å². The number of aliphatic hydroxyl groups excluding tert-OH is 2. The van der Waals surface area contributed by atoms with E-state index in [1.165, 1.54) is 37.9 Å². The van der Waals surface area contributed by atoms with Crippen LogP contribution in [-0.4, -0.2) is 79.9 Å². The van der Waals surface area contributed by atoms with Crippen LogP contribution in [0.15, 0.2) is 31.6 Å². The minimum absolute atomic E-state index is 0.0649. The molecule has 38 heavy (non-hydrogen) atoms. The molecule has 2 aliphatic rings. The minimum Gasteiger partial charge on any atom is -0.394 e. The molecule has 3 unspecified atom stereocenters. The Morgan fingerprint density at radius 1 is 1.05 bits per heavy atom. The number of aryl methyl sites for hydroxylation is 2. The van der Waals surface area contributed by atoms with Crippen molar-refractivity contribution in [1.29, 1.82) is 0 Å². The number of H-pyrrole nitrogens is 2. The van der Waals surface area contributed by atoms with Crippen LogP contribution in [0.2, 0.25) is 0 Å². The average molecular weight is 538 g/mol. The Morgan fingerprint density at radius 2 is 1.66 bits per heavy atom. The van der Waals surface area contributed by atoms with Crippen molar-refractivity contribution in [2.24, 2.45) is 5.92 Å². The molecule has 2 aromatic heterocycles. The van der Waals surface area contributed by atoms with Crippen molar-refractivity contribution in [3.05, 3.63) is 65.2 Å². The van der Waals surface area contributed by atoms with Crippen LogP contribution in [0.1, 0.15) is 36.4 Å². The van der Waals surface area contributed by atoms with E-state index >= 15 is 0 Å². The van der Waals surface area contributed by atoms with Crippen LogP contribution in [0.25, 0.3) is 0 Å². The monoisotopic (exact) mass is 537 g/mol. The number of nitrogens with zero attached hydrogens (tertiary/aromatic N) is 2. The lowest BCUT2D eigenvalue weighted by molar-refractivity contribution is -0.124. The summed E-state index contributed by atoms with van der Waals surface area (Å²) in [5.41, 5.74) is -1.85. The maximum Gasteiger partial charge on any atom is 0.330 e. The Hall–Kier alpha value is -3.37. The van der Waals surface area contributed by atoms with Gasteiger partial charge in [-0.1, -0.05) is 0 Å². The van der Waals surface area contributed by atoms with E-state index in [2.05, 4.69) is 15.3 Å². The van der Waals surface area contributed by atoms with Gasteiger partial charge < -0.3 is 29.7 Å². The lowest BCUT2D eigenvalue weighted by Gasteiger charge is -2.23. The summed E-state index contributed by atoms with van der Waals surface area (Å²) in [6.07, 6.45) is -2.61. The Morgan fingerprint density at radius 3 is 2.26 bits per heavy atom. The lowest BCUT2D eigenvalue weighted by atomic mass is 9.93. The first kappa shape index (κ1) is 27.7. The number of hydrogen-bond donors (Lipinski definition) is 5. The zero-order chi connectivity index (χ0) is 27.7. The fourth-order valence-corrected chi connectivity index (χ4v) is 4.87. The van der Waals surface area contributed by atoms with Crippen LogP contribution in [-0.2, 0) is 19.0 Å². The zero-order valence-corrected chi connectivity index (χ0v) is 21.1. The van der Waals surface area contributed by atoms with Gasteiger partial charge in [0.1, 0.15) is 18.4 Å². The zero-order valence-electron chi connectivity index (χ0n) is 21.1. The summed E-state index contributed by atoms with van der Waals surface area (Å²) in [6, 6.07) is 0. The van der Waals surface area contributed by atoms with Crippen LogP contribution in [0.3, 0.4) is 0 Å². The quantitative estimate of drug-likeness (QED) is 0.237. The van der Waals surface area contributed by atoms with E-state index in [1.54, 1.807) is 0 Å². The van der Waals surface area contributed by atoms with Crippen LogP contribution in [0.5, 0.6) is 0 Å². The van der Waals surface area contributed by atoms with Gasteiger partial charge in [0.05, 0.1) is 18.8 Å². The average Bonchev–Trinajstić information content (AvgIpc) is 3.41. The van der Waals surface area contributed by atoms with E-state index in [4.69, 9.17) is 14.2 Å². The predicted octanol–water partition coefficient (Wildman–Crippen LogP) is -2.62. The van der Waals surface area contributed by atoms with E-state index in [0.29, 0.717) is 5.56 Å². The Bertz CT molecular complexity index is 1410. The van der Waals surface area contributed by atoms with Gasteiger partial charge in [-0.15, -0.1) is 0 Å². The van der Waals surface area contributed by atoms with Crippen LogP contribution in [0, 0.1) is 19.8 Å². The molecule has 1 amide bonds. The largest absolute Gasteiger partial charge is 0.394 e. The molecule has 4 heterocycles. The maximum absolute atomic E-state index is 12.8. The Labute approximate surface area is 215 Å². The van der Waals surface area contributed by atoms with Gasteiger partial charge in [-0.05, 0) is 13.8 Å². The molecule has 15 nitrogen and oxygen atoms in total. The van der Waals surface area contributed by atoms with Crippen molar-refractivity contribution in [2.75, 3.05) is 20.3 Å². The summed E-state index contributed by atoms with van der Waals surface area (Å²) in [6.45, 7) is 2.56. The topological polar surface area (TPSA) is 207 Å².